The van der Waals surface area contributed by atoms with Gasteiger partial charge in [-0.3, -0.25) is 4.79 Å². The highest BCUT2D eigenvalue weighted by Crippen LogP contribution is 2.30. The molecule has 1 unspecified atom stereocenters. The molecule has 176 valence electrons. The molecule has 1 atom stereocenters. The van der Waals surface area contributed by atoms with Crippen LogP contribution in [-0.2, 0) is 11.0 Å². The third-order valence-electron chi connectivity index (χ3n) is 6.10. The Hall–Kier alpha value is -3.23. The van der Waals surface area contributed by atoms with Crippen LogP contribution in [0.2, 0.25) is 0 Å². The first-order valence-corrected chi connectivity index (χ1v) is 11.2. The molecule has 2 heterocycles. The van der Waals surface area contributed by atoms with E-state index in [1.54, 1.807) is 4.90 Å². The summed E-state index contributed by atoms with van der Waals surface area (Å²) in [5.41, 5.74) is 1.36. The minimum absolute atomic E-state index is 0.199. The Morgan fingerprint density at radius 3 is 2.12 bits per heavy atom. The number of benzene rings is 2. The molecule has 3 amide bonds. The Kier molecular flexibility index (Phi) is 6.76. The predicted octanol–water partition coefficient (Wildman–Crippen LogP) is 5.01. The van der Waals surface area contributed by atoms with Gasteiger partial charge in [-0.1, -0.05) is 0 Å². The van der Waals surface area contributed by atoms with Gasteiger partial charge in [0.15, 0.2) is 0 Å². The lowest BCUT2D eigenvalue weighted by molar-refractivity contribution is -0.137. The summed E-state index contributed by atoms with van der Waals surface area (Å²) in [6.07, 6.45) is 0.428. The molecule has 0 saturated carbocycles. The van der Waals surface area contributed by atoms with Crippen molar-refractivity contribution in [3.05, 3.63) is 54.1 Å². The first-order chi connectivity index (χ1) is 15.8. The van der Waals surface area contributed by atoms with Crippen molar-refractivity contribution < 1.29 is 22.8 Å². The third kappa shape index (κ3) is 5.58. The van der Waals surface area contributed by atoms with Crippen molar-refractivity contribution in [2.45, 2.75) is 44.3 Å². The molecule has 9 heteroatoms. The number of hydrogen-bond donors (Lipinski definition) is 2. The Labute approximate surface area is 190 Å². The minimum Gasteiger partial charge on any atom is -0.372 e. The van der Waals surface area contributed by atoms with Crippen LogP contribution in [0.3, 0.4) is 0 Å². The molecule has 0 bridgehead atoms. The lowest BCUT2D eigenvalue weighted by Crippen LogP contribution is -2.53. The van der Waals surface area contributed by atoms with Gasteiger partial charge >= 0.3 is 12.2 Å². The van der Waals surface area contributed by atoms with Gasteiger partial charge in [-0.25, -0.2) is 4.79 Å². The fourth-order valence-electron chi connectivity index (χ4n) is 4.33. The molecule has 2 saturated heterocycles. The number of piperidine rings is 2. The summed E-state index contributed by atoms with van der Waals surface area (Å²) in [4.78, 5) is 29.4. The molecule has 2 aromatic carbocycles. The zero-order chi connectivity index (χ0) is 23.4. The Morgan fingerprint density at radius 2 is 1.48 bits per heavy atom. The normalized spacial score (nSPS) is 19.4. The van der Waals surface area contributed by atoms with Crippen LogP contribution in [0, 0.1) is 0 Å². The van der Waals surface area contributed by atoms with E-state index in [0.29, 0.717) is 13.0 Å². The van der Waals surface area contributed by atoms with Crippen molar-refractivity contribution in [2.75, 3.05) is 34.8 Å². The molecule has 0 radical (unpaired) electrons. The Bertz CT molecular complexity index is 971. The van der Waals surface area contributed by atoms with Crippen LogP contribution in [0.5, 0.6) is 0 Å². The average molecular weight is 461 g/mol. The van der Waals surface area contributed by atoms with Crippen molar-refractivity contribution in [3.63, 3.8) is 0 Å². The van der Waals surface area contributed by atoms with Gasteiger partial charge in [0.05, 0.1) is 5.56 Å². The van der Waals surface area contributed by atoms with Crippen LogP contribution in [0.4, 0.5) is 35.0 Å². The molecule has 2 aliphatic rings. The summed E-state index contributed by atoms with van der Waals surface area (Å²) in [7, 11) is 0. The van der Waals surface area contributed by atoms with E-state index in [2.05, 4.69) is 15.5 Å². The van der Waals surface area contributed by atoms with Gasteiger partial charge in [-0.2, -0.15) is 13.2 Å². The van der Waals surface area contributed by atoms with Crippen molar-refractivity contribution in [3.8, 4) is 0 Å². The van der Waals surface area contributed by atoms with E-state index in [9.17, 15) is 22.8 Å². The van der Waals surface area contributed by atoms with Crippen molar-refractivity contribution in [2.24, 2.45) is 0 Å². The van der Waals surface area contributed by atoms with Gasteiger partial charge < -0.3 is 20.4 Å². The highest BCUT2D eigenvalue weighted by atomic mass is 19.4. The minimum atomic E-state index is -4.44. The smallest absolute Gasteiger partial charge is 0.372 e. The highest BCUT2D eigenvalue weighted by Gasteiger charge is 2.32. The monoisotopic (exact) mass is 460 g/mol. The lowest BCUT2D eigenvalue weighted by atomic mass is 10.0. The standard InChI is InChI=1S/C24H27F3N4O2/c25-24(26,27)17-6-8-18(9-7-17)28-23(33)29-21-5-4-16-31(22(21)32)20-12-10-19(11-13-20)30-14-2-1-3-15-30/h6-13,21H,1-5,14-16H2,(H2,28,29,33). The number of carbonyl (C=O) groups excluding carboxylic acids is 2. The number of halogens is 3. The van der Waals surface area contributed by atoms with Crippen molar-refractivity contribution in [1.82, 2.24) is 5.32 Å². The van der Waals surface area contributed by atoms with Crippen LogP contribution in [0.25, 0.3) is 0 Å². The third-order valence-corrected chi connectivity index (χ3v) is 6.10. The topological polar surface area (TPSA) is 64.7 Å². The van der Waals surface area contributed by atoms with Crippen LogP contribution in [-0.4, -0.2) is 37.6 Å². The molecule has 2 aromatic rings. The SMILES string of the molecule is O=C(Nc1ccc(C(F)(F)F)cc1)NC1CCCN(c2ccc(N3CCCCC3)cc2)C1=O. The molecular weight excluding hydrogens is 433 g/mol. The maximum Gasteiger partial charge on any atom is 0.416 e. The Balaban J connectivity index is 1.35. The van der Waals surface area contributed by atoms with E-state index < -0.39 is 23.8 Å². The molecular formula is C24H27F3N4O2. The van der Waals surface area contributed by atoms with Gasteiger partial charge in [-0.15, -0.1) is 0 Å². The number of alkyl halides is 3. The molecule has 2 aliphatic heterocycles. The summed E-state index contributed by atoms with van der Waals surface area (Å²) in [5.74, 6) is -0.199. The van der Waals surface area contributed by atoms with Crippen LogP contribution in [0.1, 0.15) is 37.7 Å². The zero-order valence-corrected chi connectivity index (χ0v) is 18.2. The maximum absolute atomic E-state index is 13.0. The second-order valence-electron chi connectivity index (χ2n) is 8.42. The highest BCUT2D eigenvalue weighted by molar-refractivity contribution is 6.01. The summed E-state index contributed by atoms with van der Waals surface area (Å²) < 4.78 is 38.1. The van der Waals surface area contributed by atoms with Crippen molar-refractivity contribution >= 4 is 29.0 Å². The quantitative estimate of drug-likeness (QED) is 0.674. The van der Waals surface area contributed by atoms with E-state index in [0.717, 1.165) is 43.0 Å². The number of nitrogens with one attached hydrogen (secondary N) is 2. The van der Waals surface area contributed by atoms with E-state index >= 15 is 0 Å². The average Bonchev–Trinajstić information content (AvgIpc) is 2.81. The molecule has 4 rings (SSSR count). The van der Waals surface area contributed by atoms with E-state index in [1.165, 1.54) is 31.4 Å². The summed E-state index contributed by atoms with van der Waals surface area (Å²) in [6, 6.07) is 10.8. The van der Waals surface area contributed by atoms with Gasteiger partial charge in [0, 0.05) is 36.7 Å². The molecule has 0 spiro atoms. The number of anilines is 3. The summed E-state index contributed by atoms with van der Waals surface area (Å²) in [5, 5.41) is 5.15. The molecule has 2 fully saturated rings. The Morgan fingerprint density at radius 1 is 0.848 bits per heavy atom. The van der Waals surface area contributed by atoms with Crippen LogP contribution >= 0.6 is 0 Å². The second-order valence-corrected chi connectivity index (χ2v) is 8.42. The number of amides is 3. The van der Waals surface area contributed by atoms with Gasteiger partial charge in [0.1, 0.15) is 6.04 Å². The molecule has 0 aromatic heterocycles. The summed E-state index contributed by atoms with van der Waals surface area (Å²) >= 11 is 0. The zero-order valence-electron chi connectivity index (χ0n) is 18.2. The number of urea groups is 1. The fraction of sp³-hybridized carbons (Fsp3) is 0.417. The van der Waals surface area contributed by atoms with E-state index in [-0.39, 0.29) is 11.6 Å². The summed E-state index contributed by atoms with van der Waals surface area (Å²) in [6.45, 7) is 2.66. The van der Waals surface area contributed by atoms with Gasteiger partial charge in [0.2, 0.25) is 5.91 Å². The number of carbonyl (C=O) groups is 2. The van der Waals surface area contributed by atoms with Crippen LogP contribution in [0.15, 0.2) is 48.5 Å². The second kappa shape index (κ2) is 9.72. The fourth-order valence-corrected chi connectivity index (χ4v) is 4.33. The van der Waals surface area contributed by atoms with E-state index in [4.69, 9.17) is 0 Å². The lowest BCUT2D eigenvalue weighted by Gasteiger charge is -2.33. The number of rotatable bonds is 4. The van der Waals surface area contributed by atoms with Crippen LogP contribution < -0.4 is 20.4 Å². The predicted molar refractivity (Wildman–Crippen MR) is 121 cm³/mol. The number of hydrogen-bond acceptors (Lipinski definition) is 3. The first kappa shape index (κ1) is 22.9. The maximum atomic E-state index is 13.0. The van der Waals surface area contributed by atoms with E-state index in [1.807, 2.05) is 24.3 Å². The molecule has 33 heavy (non-hydrogen) atoms. The van der Waals surface area contributed by atoms with Crippen molar-refractivity contribution in [1.29, 1.82) is 0 Å². The largest absolute Gasteiger partial charge is 0.416 e. The van der Waals surface area contributed by atoms with Gasteiger partial charge in [0.25, 0.3) is 0 Å². The van der Waals surface area contributed by atoms with Gasteiger partial charge in [-0.05, 0) is 80.6 Å². The molecule has 0 aliphatic carbocycles. The molecule has 6 nitrogen and oxygen atoms in total. The molecule has 2 N–H and O–H groups in total. The number of nitrogens with zero attached hydrogens (tertiary/aromatic N) is 2. The first-order valence-electron chi connectivity index (χ1n) is 11.2.